The number of amides is 1. The van der Waals surface area contributed by atoms with Crippen molar-refractivity contribution >= 4 is 5.91 Å². The third kappa shape index (κ3) is 2.66. The van der Waals surface area contributed by atoms with E-state index in [0.717, 1.165) is 12.1 Å². The van der Waals surface area contributed by atoms with Crippen molar-refractivity contribution in [3.05, 3.63) is 17.5 Å². The van der Waals surface area contributed by atoms with Crippen LogP contribution in [0.25, 0.3) is 0 Å². The molecule has 1 aliphatic rings. The van der Waals surface area contributed by atoms with E-state index in [0.29, 0.717) is 18.8 Å². The first-order valence-electron chi connectivity index (χ1n) is 6.09. The van der Waals surface area contributed by atoms with Crippen molar-refractivity contribution in [3.63, 3.8) is 0 Å². The Hall–Kier alpha value is -1.36. The molecule has 1 N–H and O–H groups in total. The number of hydrogen-bond donors (Lipinski definition) is 1. The van der Waals surface area contributed by atoms with Gasteiger partial charge in [-0.15, -0.1) is 0 Å². The van der Waals surface area contributed by atoms with Crippen LogP contribution in [0.15, 0.2) is 6.07 Å². The monoisotopic (exact) mass is 237 g/mol. The van der Waals surface area contributed by atoms with Crippen molar-refractivity contribution in [3.8, 4) is 0 Å². The summed E-state index contributed by atoms with van der Waals surface area (Å²) < 4.78 is 5.61. The third-order valence-electron chi connectivity index (χ3n) is 2.94. The van der Waals surface area contributed by atoms with Crippen molar-refractivity contribution in [1.82, 2.24) is 15.1 Å². The Morgan fingerprint density at radius 2 is 2.18 bits per heavy atom. The van der Waals surface area contributed by atoms with Gasteiger partial charge < -0.3 is 9.64 Å². The molecule has 1 aromatic heterocycles. The molecule has 1 fully saturated rings. The molecule has 2 unspecified atom stereocenters. The maximum Gasteiger partial charge on any atom is 0.274 e. The summed E-state index contributed by atoms with van der Waals surface area (Å²) >= 11 is 0. The first-order valence-corrected chi connectivity index (χ1v) is 6.09. The zero-order valence-corrected chi connectivity index (χ0v) is 10.6. The minimum Gasteiger partial charge on any atom is -0.372 e. The van der Waals surface area contributed by atoms with Gasteiger partial charge >= 0.3 is 0 Å². The Bertz CT molecular complexity index is 392. The van der Waals surface area contributed by atoms with Gasteiger partial charge in [0.1, 0.15) is 5.69 Å². The first-order chi connectivity index (χ1) is 8.10. The highest BCUT2D eigenvalue weighted by atomic mass is 16.5. The zero-order chi connectivity index (χ0) is 12.4. The Morgan fingerprint density at radius 1 is 1.53 bits per heavy atom. The average molecular weight is 237 g/mol. The summed E-state index contributed by atoms with van der Waals surface area (Å²) in [4.78, 5) is 14.0. The fraction of sp³-hybridized carbons (Fsp3) is 0.667. The molecule has 0 bridgehead atoms. The molecule has 0 spiro atoms. The van der Waals surface area contributed by atoms with Crippen LogP contribution >= 0.6 is 0 Å². The van der Waals surface area contributed by atoms with E-state index < -0.39 is 0 Å². The molecule has 2 atom stereocenters. The normalized spacial score (nSPS) is 25.0. The minimum absolute atomic E-state index is 0.0112. The molecule has 17 heavy (non-hydrogen) atoms. The number of aromatic nitrogens is 2. The summed E-state index contributed by atoms with van der Waals surface area (Å²) in [6, 6.07) is 1.83. The standard InChI is InChI=1S/C12H19N3O2/c1-4-10-5-11(14-13-10)12(16)15-6-8(2)17-9(3)7-15/h5,8-9H,4,6-7H2,1-3H3,(H,13,14). The lowest BCUT2D eigenvalue weighted by atomic mass is 10.2. The number of hydrogen-bond acceptors (Lipinski definition) is 3. The number of aromatic amines is 1. The van der Waals surface area contributed by atoms with Crippen molar-refractivity contribution in [2.75, 3.05) is 13.1 Å². The highest BCUT2D eigenvalue weighted by Crippen LogP contribution is 2.13. The summed E-state index contributed by atoms with van der Waals surface area (Å²) in [5, 5.41) is 6.92. The van der Waals surface area contributed by atoms with Gasteiger partial charge in [0.05, 0.1) is 12.2 Å². The first kappa shape index (κ1) is 12.1. The number of nitrogens with zero attached hydrogens (tertiary/aromatic N) is 2. The summed E-state index contributed by atoms with van der Waals surface area (Å²) in [7, 11) is 0. The number of nitrogens with one attached hydrogen (secondary N) is 1. The van der Waals surface area contributed by atoms with Crippen LogP contribution in [-0.2, 0) is 11.2 Å². The highest BCUT2D eigenvalue weighted by Gasteiger charge is 2.27. The number of H-pyrrole nitrogens is 1. The molecule has 1 aliphatic heterocycles. The van der Waals surface area contributed by atoms with Gasteiger partial charge in [-0.1, -0.05) is 6.92 Å². The molecule has 0 aliphatic carbocycles. The van der Waals surface area contributed by atoms with E-state index >= 15 is 0 Å². The Kier molecular flexibility index (Phi) is 3.47. The van der Waals surface area contributed by atoms with Crippen molar-refractivity contribution < 1.29 is 9.53 Å². The van der Waals surface area contributed by atoms with E-state index in [-0.39, 0.29) is 18.1 Å². The largest absolute Gasteiger partial charge is 0.372 e. The molecule has 0 radical (unpaired) electrons. The number of rotatable bonds is 2. The minimum atomic E-state index is -0.0112. The van der Waals surface area contributed by atoms with Crippen LogP contribution in [0.2, 0.25) is 0 Å². The van der Waals surface area contributed by atoms with Gasteiger partial charge in [-0.2, -0.15) is 5.10 Å². The smallest absolute Gasteiger partial charge is 0.274 e. The fourth-order valence-electron chi connectivity index (χ4n) is 2.16. The lowest BCUT2D eigenvalue weighted by Gasteiger charge is -2.34. The molecular formula is C12H19N3O2. The molecular weight excluding hydrogens is 218 g/mol. The number of aryl methyl sites for hydroxylation is 1. The Balaban J connectivity index is 2.08. The quantitative estimate of drug-likeness (QED) is 0.841. The van der Waals surface area contributed by atoms with E-state index in [1.807, 2.05) is 31.7 Å². The van der Waals surface area contributed by atoms with Gasteiger partial charge in [0.15, 0.2) is 0 Å². The topological polar surface area (TPSA) is 58.2 Å². The lowest BCUT2D eigenvalue weighted by molar-refractivity contribution is -0.0587. The molecule has 5 heteroatoms. The van der Waals surface area contributed by atoms with Crippen molar-refractivity contribution in [2.24, 2.45) is 0 Å². The zero-order valence-electron chi connectivity index (χ0n) is 10.6. The Morgan fingerprint density at radius 3 is 2.71 bits per heavy atom. The lowest BCUT2D eigenvalue weighted by Crippen LogP contribution is -2.48. The molecule has 0 aromatic carbocycles. The fourth-order valence-corrected chi connectivity index (χ4v) is 2.16. The maximum absolute atomic E-state index is 12.2. The summed E-state index contributed by atoms with van der Waals surface area (Å²) in [6.07, 6.45) is 1.04. The van der Waals surface area contributed by atoms with E-state index in [4.69, 9.17) is 4.74 Å². The average Bonchev–Trinajstić information content (AvgIpc) is 2.75. The second-order valence-corrected chi connectivity index (χ2v) is 4.60. The van der Waals surface area contributed by atoms with Crippen molar-refractivity contribution in [1.29, 1.82) is 0 Å². The number of carbonyl (C=O) groups excluding carboxylic acids is 1. The van der Waals surface area contributed by atoms with E-state index in [9.17, 15) is 4.79 Å². The van der Waals surface area contributed by atoms with E-state index in [2.05, 4.69) is 10.2 Å². The summed E-state index contributed by atoms with van der Waals surface area (Å²) in [6.45, 7) is 7.27. The van der Waals surface area contributed by atoms with Gasteiger partial charge in [-0.05, 0) is 26.3 Å². The van der Waals surface area contributed by atoms with Crippen LogP contribution < -0.4 is 0 Å². The van der Waals surface area contributed by atoms with Crippen LogP contribution in [0.3, 0.4) is 0 Å². The van der Waals surface area contributed by atoms with Crippen LogP contribution in [-0.4, -0.2) is 46.3 Å². The maximum atomic E-state index is 12.2. The van der Waals surface area contributed by atoms with E-state index in [1.54, 1.807) is 0 Å². The molecule has 2 rings (SSSR count). The highest BCUT2D eigenvalue weighted by molar-refractivity contribution is 5.92. The number of ether oxygens (including phenoxy) is 1. The van der Waals surface area contributed by atoms with Gasteiger partial charge in [0.2, 0.25) is 0 Å². The van der Waals surface area contributed by atoms with E-state index in [1.165, 1.54) is 0 Å². The second kappa shape index (κ2) is 4.87. The second-order valence-electron chi connectivity index (χ2n) is 4.60. The molecule has 5 nitrogen and oxygen atoms in total. The SMILES string of the molecule is CCc1cc(C(=O)N2CC(C)OC(C)C2)n[nH]1. The van der Waals surface area contributed by atoms with Crippen LogP contribution in [0, 0.1) is 0 Å². The van der Waals surface area contributed by atoms with Gasteiger partial charge in [0.25, 0.3) is 5.91 Å². The molecule has 1 saturated heterocycles. The number of carbonyl (C=O) groups is 1. The van der Waals surface area contributed by atoms with Gasteiger partial charge in [0, 0.05) is 18.8 Å². The van der Waals surface area contributed by atoms with Crippen molar-refractivity contribution in [2.45, 2.75) is 39.4 Å². The van der Waals surface area contributed by atoms with Gasteiger partial charge in [-0.25, -0.2) is 0 Å². The Labute approximate surface area is 101 Å². The van der Waals surface area contributed by atoms with Gasteiger partial charge in [-0.3, -0.25) is 9.89 Å². The molecule has 94 valence electrons. The molecule has 0 saturated carbocycles. The molecule has 1 aromatic rings. The third-order valence-corrected chi connectivity index (χ3v) is 2.94. The van der Waals surface area contributed by atoms with Crippen LogP contribution in [0.1, 0.15) is 37.0 Å². The van der Waals surface area contributed by atoms with Crippen LogP contribution in [0.5, 0.6) is 0 Å². The predicted molar refractivity (Wildman–Crippen MR) is 63.9 cm³/mol. The number of morpholine rings is 1. The summed E-state index contributed by atoms with van der Waals surface area (Å²) in [5.41, 5.74) is 1.49. The predicted octanol–water partition coefficient (Wildman–Crippen LogP) is 1.22. The van der Waals surface area contributed by atoms with Crippen LogP contribution in [0.4, 0.5) is 0 Å². The summed E-state index contributed by atoms with van der Waals surface area (Å²) in [5.74, 6) is -0.0112. The molecule has 1 amide bonds. The molecule has 2 heterocycles.